The Morgan fingerprint density at radius 1 is 1.43 bits per heavy atom. The van der Waals surface area contributed by atoms with Gasteiger partial charge in [-0.15, -0.1) is 0 Å². The van der Waals surface area contributed by atoms with E-state index in [2.05, 4.69) is 38.1 Å². The minimum Gasteiger partial charge on any atom is -0.396 e. The van der Waals surface area contributed by atoms with Crippen LogP contribution in [0.2, 0.25) is 0 Å². The Bertz CT molecular complexity index is 288. The third kappa shape index (κ3) is 2.48. The maximum absolute atomic E-state index is 5.84. The highest BCUT2D eigenvalue weighted by Gasteiger charge is 2.10. The molecule has 1 aromatic heterocycles. The van der Waals surface area contributed by atoms with Gasteiger partial charge >= 0.3 is 0 Å². The van der Waals surface area contributed by atoms with Crippen LogP contribution in [0.15, 0.2) is 6.20 Å². The van der Waals surface area contributed by atoms with E-state index in [0.717, 1.165) is 17.9 Å². The molecule has 4 nitrogen and oxygen atoms in total. The molecule has 0 fully saturated rings. The van der Waals surface area contributed by atoms with Crippen LogP contribution in [0.3, 0.4) is 0 Å². The van der Waals surface area contributed by atoms with Gasteiger partial charge in [0.25, 0.3) is 0 Å². The predicted molar refractivity (Wildman–Crippen MR) is 59.0 cm³/mol. The van der Waals surface area contributed by atoms with Gasteiger partial charge in [0.1, 0.15) is 0 Å². The summed E-state index contributed by atoms with van der Waals surface area (Å²) in [5, 5.41) is 7.59. The maximum atomic E-state index is 5.84. The minimum atomic E-state index is 0.358. The van der Waals surface area contributed by atoms with Gasteiger partial charge in [0, 0.05) is 18.6 Å². The molecule has 0 aromatic carbocycles. The first kappa shape index (κ1) is 11.0. The summed E-state index contributed by atoms with van der Waals surface area (Å²) in [6.45, 7) is 9.22. The molecule has 4 heteroatoms. The van der Waals surface area contributed by atoms with Crippen LogP contribution in [0.5, 0.6) is 0 Å². The molecule has 0 atom stereocenters. The minimum absolute atomic E-state index is 0.358. The summed E-state index contributed by atoms with van der Waals surface area (Å²) in [4.78, 5) is 0. The first-order chi connectivity index (χ1) is 6.52. The van der Waals surface area contributed by atoms with Gasteiger partial charge in [0.15, 0.2) is 0 Å². The molecular formula is C10H20N4. The van der Waals surface area contributed by atoms with E-state index in [9.17, 15) is 0 Å². The number of nitrogen functional groups attached to an aromatic ring is 1. The van der Waals surface area contributed by atoms with Crippen molar-refractivity contribution in [1.29, 1.82) is 0 Å². The fourth-order valence-electron chi connectivity index (χ4n) is 1.33. The average Bonchev–Trinajstić information content (AvgIpc) is 2.43. The summed E-state index contributed by atoms with van der Waals surface area (Å²) < 4.78 is 1.96. The zero-order valence-electron chi connectivity index (χ0n) is 9.41. The molecule has 0 bridgehead atoms. The number of hydrogen-bond acceptors (Lipinski definition) is 3. The van der Waals surface area contributed by atoms with Gasteiger partial charge in [-0.25, -0.2) is 0 Å². The van der Waals surface area contributed by atoms with E-state index in [1.54, 1.807) is 6.20 Å². The summed E-state index contributed by atoms with van der Waals surface area (Å²) in [5.74, 6) is 0. The Morgan fingerprint density at radius 2 is 2.07 bits per heavy atom. The van der Waals surface area contributed by atoms with Crippen LogP contribution in [0, 0.1) is 0 Å². The van der Waals surface area contributed by atoms with Gasteiger partial charge in [-0.05, 0) is 13.8 Å². The van der Waals surface area contributed by atoms with E-state index < -0.39 is 0 Å². The molecule has 0 aliphatic rings. The molecule has 0 aliphatic heterocycles. The molecular weight excluding hydrogens is 176 g/mol. The summed E-state index contributed by atoms with van der Waals surface area (Å²) >= 11 is 0. The fraction of sp³-hybridized carbons (Fsp3) is 0.700. The lowest BCUT2D eigenvalue weighted by Gasteiger charge is -2.13. The maximum Gasteiger partial charge on any atom is 0.0754 e. The highest BCUT2D eigenvalue weighted by Crippen LogP contribution is 2.15. The van der Waals surface area contributed by atoms with E-state index in [-0.39, 0.29) is 0 Å². The first-order valence-electron chi connectivity index (χ1n) is 5.07. The van der Waals surface area contributed by atoms with Gasteiger partial charge < -0.3 is 11.1 Å². The van der Waals surface area contributed by atoms with Crippen molar-refractivity contribution >= 4 is 5.69 Å². The van der Waals surface area contributed by atoms with Crippen molar-refractivity contribution in [2.24, 2.45) is 0 Å². The lowest BCUT2D eigenvalue weighted by Crippen LogP contribution is -2.24. The first-order valence-corrected chi connectivity index (χ1v) is 5.07. The van der Waals surface area contributed by atoms with Gasteiger partial charge in [-0.3, -0.25) is 4.68 Å². The Labute approximate surface area is 85.5 Å². The van der Waals surface area contributed by atoms with E-state index in [1.165, 1.54) is 0 Å². The number of hydrogen-bond donors (Lipinski definition) is 2. The Morgan fingerprint density at radius 3 is 2.57 bits per heavy atom. The van der Waals surface area contributed by atoms with Crippen LogP contribution in [-0.2, 0) is 6.54 Å². The van der Waals surface area contributed by atoms with Crippen LogP contribution in [0.25, 0.3) is 0 Å². The van der Waals surface area contributed by atoms with Crippen LogP contribution in [0.4, 0.5) is 5.69 Å². The van der Waals surface area contributed by atoms with Crippen molar-refractivity contribution in [2.75, 3.05) is 5.73 Å². The monoisotopic (exact) mass is 196 g/mol. The van der Waals surface area contributed by atoms with Crippen LogP contribution < -0.4 is 11.1 Å². The molecule has 0 saturated carbocycles. The van der Waals surface area contributed by atoms with Crippen molar-refractivity contribution in [2.45, 2.75) is 46.3 Å². The lowest BCUT2D eigenvalue weighted by atomic mass is 10.3. The van der Waals surface area contributed by atoms with Crippen molar-refractivity contribution in [3.05, 3.63) is 11.9 Å². The van der Waals surface area contributed by atoms with Gasteiger partial charge in [0.05, 0.1) is 17.6 Å². The molecule has 1 heterocycles. The van der Waals surface area contributed by atoms with Crippen LogP contribution in [-0.4, -0.2) is 15.8 Å². The summed E-state index contributed by atoms with van der Waals surface area (Å²) in [5.41, 5.74) is 7.69. The molecule has 0 radical (unpaired) electrons. The number of rotatable bonds is 4. The highest BCUT2D eigenvalue weighted by atomic mass is 15.3. The van der Waals surface area contributed by atoms with Crippen LogP contribution in [0.1, 0.15) is 39.4 Å². The summed E-state index contributed by atoms with van der Waals surface area (Å²) in [6.07, 6.45) is 1.72. The smallest absolute Gasteiger partial charge is 0.0754 e. The molecule has 14 heavy (non-hydrogen) atoms. The Balaban J connectivity index is 2.77. The van der Waals surface area contributed by atoms with E-state index >= 15 is 0 Å². The van der Waals surface area contributed by atoms with Crippen molar-refractivity contribution in [3.63, 3.8) is 0 Å². The molecule has 0 aliphatic carbocycles. The normalized spacial score (nSPS) is 11.6. The predicted octanol–water partition coefficient (Wildman–Crippen LogP) is 1.54. The number of aromatic nitrogens is 2. The zero-order valence-corrected chi connectivity index (χ0v) is 9.41. The molecule has 1 aromatic rings. The van der Waals surface area contributed by atoms with Crippen molar-refractivity contribution < 1.29 is 0 Å². The van der Waals surface area contributed by atoms with E-state index in [0.29, 0.717) is 12.1 Å². The SMILES string of the molecule is CC(C)NCc1c(N)cnn1C(C)C. The Kier molecular flexibility index (Phi) is 3.52. The van der Waals surface area contributed by atoms with Crippen molar-refractivity contribution in [1.82, 2.24) is 15.1 Å². The van der Waals surface area contributed by atoms with Gasteiger partial charge in [-0.2, -0.15) is 5.10 Å². The van der Waals surface area contributed by atoms with Gasteiger partial charge in [-0.1, -0.05) is 13.8 Å². The Hall–Kier alpha value is -1.03. The molecule has 1 rings (SSSR count). The van der Waals surface area contributed by atoms with E-state index in [4.69, 9.17) is 5.73 Å². The van der Waals surface area contributed by atoms with Gasteiger partial charge in [0.2, 0.25) is 0 Å². The second-order valence-corrected chi connectivity index (χ2v) is 4.12. The second kappa shape index (κ2) is 4.46. The van der Waals surface area contributed by atoms with Crippen molar-refractivity contribution in [3.8, 4) is 0 Å². The molecule has 0 saturated heterocycles. The topological polar surface area (TPSA) is 55.9 Å². The number of nitrogens with two attached hydrogens (primary N) is 1. The van der Waals surface area contributed by atoms with Crippen LogP contribution >= 0.6 is 0 Å². The number of anilines is 1. The third-order valence-corrected chi connectivity index (χ3v) is 2.10. The standard InChI is InChI=1S/C10H20N4/c1-7(2)12-6-10-9(11)5-13-14(10)8(3)4/h5,7-8,12H,6,11H2,1-4H3. The molecule has 0 spiro atoms. The average molecular weight is 196 g/mol. The zero-order chi connectivity index (χ0) is 10.7. The third-order valence-electron chi connectivity index (χ3n) is 2.10. The fourth-order valence-corrected chi connectivity index (χ4v) is 1.33. The number of nitrogens with one attached hydrogen (secondary N) is 1. The second-order valence-electron chi connectivity index (χ2n) is 4.12. The number of nitrogens with zero attached hydrogens (tertiary/aromatic N) is 2. The largest absolute Gasteiger partial charge is 0.396 e. The summed E-state index contributed by atoms with van der Waals surface area (Å²) in [7, 11) is 0. The molecule has 0 unspecified atom stereocenters. The molecule has 3 N–H and O–H groups in total. The quantitative estimate of drug-likeness (QED) is 0.768. The molecule has 0 amide bonds. The molecule has 80 valence electrons. The van der Waals surface area contributed by atoms with E-state index in [1.807, 2.05) is 4.68 Å². The summed E-state index contributed by atoms with van der Waals surface area (Å²) in [6, 6.07) is 0.821. The lowest BCUT2D eigenvalue weighted by molar-refractivity contribution is 0.484. The highest BCUT2D eigenvalue weighted by molar-refractivity contribution is 5.41.